The SMILES string of the molecule is Cc1cccc(C(=O)NCCCCN)n1.Cl.Cl. The summed E-state index contributed by atoms with van der Waals surface area (Å²) < 4.78 is 0. The van der Waals surface area contributed by atoms with Gasteiger partial charge in [0.25, 0.3) is 5.91 Å². The van der Waals surface area contributed by atoms with Crippen molar-refractivity contribution in [2.45, 2.75) is 19.8 Å². The van der Waals surface area contributed by atoms with E-state index < -0.39 is 0 Å². The molecule has 0 atom stereocenters. The number of aryl methyl sites for hydroxylation is 1. The van der Waals surface area contributed by atoms with E-state index in [4.69, 9.17) is 5.73 Å². The van der Waals surface area contributed by atoms with Crippen molar-refractivity contribution < 1.29 is 4.79 Å². The van der Waals surface area contributed by atoms with E-state index in [-0.39, 0.29) is 30.7 Å². The predicted octanol–water partition coefficient (Wildman–Crippen LogP) is 1.70. The van der Waals surface area contributed by atoms with Crippen LogP contribution >= 0.6 is 24.8 Å². The molecule has 0 radical (unpaired) electrons. The highest BCUT2D eigenvalue weighted by molar-refractivity contribution is 5.92. The molecule has 0 aliphatic heterocycles. The van der Waals surface area contributed by atoms with Gasteiger partial charge < -0.3 is 11.1 Å². The van der Waals surface area contributed by atoms with Gasteiger partial charge in [-0.25, -0.2) is 4.98 Å². The molecule has 0 spiro atoms. The van der Waals surface area contributed by atoms with Crippen molar-refractivity contribution in [1.29, 1.82) is 0 Å². The first-order valence-electron chi connectivity index (χ1n) is 5.16. The van der Waals surface area contributed by atoms with Crippen molar-refractivity contribution in [3.63, 3.8) is 0 Å². The second-order valence-corrected chi connectivity index (χ2v) is 3.42. The van der Waals surface area contributed by atoms with E-state index in [9.17, 15) is 4.79 Å². The maximum atomic E-state index is 11.6. The molecule has 1 rings (SSSR count). The summed E-state index contributed by atoms with van der Waals surface area (Å²) in [6, 6.07) is 5.41. The number of hydrogen-bond donors (Lipinski definition) is 2. The maximum absolute atomic E-state index is 11.6. The van der Waals surface area contributed by atoms with E-state index in [0.717, 1.165) is 18.5 Å². The Morgan fingerprint density at radius 2 is 2.06 bits per heavy atom. The van der Waals surface area contributed by atoms with Crippen molar-refractivity contribution in [3.8, 4) is 0 Å². The average Bonchev–Trinajstić information content (AvgIpc) is 2.24. The van der Waals surface area contributed by atoms with Gasteiger partial charge in [0, 0.05) is 12.2 Å². The van der Waals surface area contributed by atoms with Gasteiger partial charge in [-0.15, -0.1) is 24.8 Å². The summed E-state index contributed by atoms with van der Waals surface area (Å²) >= 11 is 0. The number of nitrogens with zero attached hydrogens (tertiary/aromatic N) is 1. The summed E-state index contributed by atoms with van der Waals surface area (Å²) in [5.41, 5.74) is 6.68. The largest absolute Gasteiger partial charge is 0.351 e. The molecule has 1 amide bonds. The first-order valence-corrected chi connectivity index (χ1v) is 5.16. The molecule has 1 aromatic rings. The van der Waals surface area contributed by atoms with Crippen LogP contribution in [0.5, 0.6) is 0 Å². The molecule has 0 aromatic carbocycles. The summed E-state index contributed by atoms with van der Waals surface area (Å²) in [6.07, 6.45) is 1.84. The molecule has 0 fully saturated rings. The summed E-state index contributed by atoms with van der Waals surface area (Å²) in [6.45, 7) is 3.19. The first-order chi connectivity index (χ1) is 7.24. The van der Waals surface area contributed by atoms with Gasteiger partial charge in [-0.3, -0.25) is 4.79 Å². The molecule has 1 heterocycles. The zero-order chi connectivity index (χ0) is 11.1. The monoisotopic (exact) mass is 279 g/mol. The minimum absolute atomic E-state index is 0. The number of carbonyl (C=O) groups excluding carboxylic acids is 1. The fourth-order valence-corrected chi connectivity index (χ4v) is 1.23. The second-order valence-electron chi connectivity index (χ2n) is 3.42. The molecule has 1 aromatic heterocycles. The van der Waals surface area contributed by atoms with E-state index in [1.165, 1.54) is 0 Å². The molecule has 17 heavy (non-hydrogen) atoms. The highest BCUT2D eigenvalue weighted by Crippen LogP contribution is 1.97. The molecule has 0 unspecified atom stereocenters. The van der Waals surface area contributed by atoms with E-state index in [1.54, 1.807) is 6.07 Å². The van der Waals surface area contributed by atoms with Gasteiger partial charge in [0.2, 0.25) is 0 Å². The van der Waals surface area contributed by atoms with Crippen LogP contribution in [0.1, 0.15) is 29.0 Å². The lowest BCUT2D eigenvalue weighted by atomic mass is 10.3. The molecule has 0 bridgehead atoms. The molecule has 6 heteroatoms. The maximum Gasteiger partial charge on any atom is 0.269 e. The Bertz CT molecular complexity index is 334. The standard InChI is InChI=1S/C11H17N3O.2ClH/c1-9-5-4-6-10(14-9)11(15)13-8-3-2-7-12;;/h4-6H,2-3,7-8,12H2,1H3,(H,13,15);2*1H. The van der Waals surface area contributed by atoms with Crippen molar-refractivity contribution in [3.05, 3.63) is 29.6 Å². The molecule has 3 N–H and O–H groups in total. The Morgan fingerprint density at radius 1 is 1.35 bits per heavy atom. The molecule has 0 aliphatic carbocycles. The fraction of sp³-hybridized carbons (Fsp3) is 0.455. The van der Waals surface area contributed by atoms with E-state index in [1.807, 2.05) is 19.1 Å². The molecule has 98 valence electrons. The van der Waals surface area contributed by atoms with E-state index in [0.29, 0.717) is 18.8 Å². The smallest absolute Gasteiger partial charge is 0.269 e. The van der Waals surface area contributed by atoms with Crippen LogP contribution < -0.4 is 11.1 Å². The van der Waals surface area contributed by atoms with Crippen LogP contribution in [0.3, 0.4) is 0 Å². The molecular formula is C11H19Cl2N3O. The third kappa shape index (κ3) is 7.15. The Balaban J connectivity index is 0. The minimum Gasteiger partial charge on any atom is -0.351 e. The summed E-state index contributed by atoms with van der Waals surface area (Å²) in [5.74, 6) is -0.115. The number of amides is 1. The first kappa shape index (κ1) is 18.5. The Kier molecular flexibility index (Phi) is 11.2. The molecule has 0 saturated heterocycles. The van der Waals surface area contributed by atoms with Crippen LogP contribution in [0, 0.1) is 6.92 Å². The van der Waals surface area contributed by atoms with Crippen LogP contribution in [0.25, 0.3) is 0 Å². The number of nitrogens with two attached hydrogens (primary N) is 1. The van der Waals surface area contributed by atoms with Gasteiger partial charge in [-0.2, -0.15) is 0 Å². The lowest BCUT2D eigenvalue weighted by Crippen LogP contribution is -2.25. The van der Waals surface area contributed by atoms with Crippen LogP contribution in [-0.2, 0) is 0 Å². The molecule has 0 saturated carbocycles. The van der Waals surface area contributed by atoms with Crippen molar-refractivity contribution in [1.82, 2.24) is 10.3 Å². The summed E-state index contributed by atoms with van der Waals surface area (Å²) in [4.78, 5) is 15.7. The van der Waals surface area contributed by atoms with Gasteiger partial charge in [-0.1, -0.05) is 6.07 Å². The highest BCUT2D eigenvalue weighted by Gasteiger charge is 2.05. The van der Waals surface area contributed by atoms with Gasteiger partial charge in [0.15, 0.2) is 0 Å². The van der Waals surface area contributed by atoms with Gasteiger partial charge in [0.1, 0.15) is 5.69 Å². The number of pyridine rings is 1. The van der Waals surface area contributed by atoms with E-state index >= 15 is 0 Å². The van der Waals surface area contributed by atoms with E-state index in [2.05, 4.69) is 10.3 Å². The quantitative estimate of drug-likeness (QED) is 0.807. The second kappa shape index (κ2) is 10.3. The number of nitrogens with one attached hydrogen (secondary N) is 1. The number of hydrogen-bond acceptors (Lipinski definition) is 3. The lowest BCUT2D eigenvalue weighted by molar-refractivity contribution is 0.0948. The zero-order valence-electron chi connectivity index (χ0n) is 9.81. The van der Waals surface area contributed by atoms with Gasteiger partial charge in [0.05, 0.1) is 0 Å². The minimum atomic E-state index is -0.115. The highest BCUT2D eigenvalue weighted by atomic mass is 35.5. The van der Waals surface area contributed by atoms with Crippen molar-refractivity contribution in [2.24, 2.45) is 5.73 Å². The number of rotatable bonds is 5. The number of aromatic nitrogens is 1. The fourth-order valence-electron chi connectivity index (χ4n) is 1.23. The number of unbranched alkanes of at least 4 members (excludes halogenated alkanes) is 1. The van der Waals surface area contributed by atoms with Crippen molar-refractivity contribution in [2.75, 3.05) is 13.1 Å². The molecule has 0 aliphatic rings. The van der Waals surface area contributed by atoms with Crippen LogP contribution in [0.4, 0.5) is 0 Å². The van der Waals surface area contributed by atoms with Crippen LogP contribution in [-0.4, -0.2) is 24.0 Å². The number of halogens is 2. The van der Waals surface area contributed by atoms with Gasteiger partial charge >= 0.3 is 0 Å². The predicted molar refractivity (Wildman–Crippen MR) is 74.1 cm³/mol. The van der Waals surface area contributed by atoms with Crippen LogP contribution in [0.15, 0.2) is 18.2 Å². The summed E-state index contributed by atoms with van der Waals surface area (Å²) in [5, 5.41) is 2.80. The molecule has 4 nitrogen and oxygen atoms in total. The zero-order valence-corrected chi connectivity index (χ0v) is 11.4. The average molecular weight is 280 g/mol. The summed E-state index contributed by atoms with van der Waals surface area (Å²) in [7, 11) is 0. The van der Waals surface area contributed by atoms with Crippen molar-refractivity contribution >= 4 is 30.7 Å². The third-order valence-electron chi connectivity index (χ3n) is 2.04. The number of carbonyl (C=O) groups is 1. The lowest BCUT2D eigenvalue weighted by Gasteiger charge is -2.04. The third-order valence-corrected chi connectivity index (χ3v) is 2.04. The Hall–Kier alpha value is -0.840. The molecular weight excluding hydrogens is 261 g/mol. The van der Waals surface area contributed by atoms with Crippen LogP contribution in [0.2, 0.25) is 0 Å². The Labute approximate surface area is 114 Å². The topological polar surface area (TPSA) is 68.0 Å². The normalized spacial score (nSPS) is 8.82. The Morgan fingerprint density at radius 3 is 2.65 bits per heavy atom. The van der Waals surface area contributed by atoms with Gasteiger partial charge in [-0.05, 0) is 38.4 Å².